The molecule has 0 saturated heterocycles. The molecule has 0 aliphatic heterocycles. The quantitative estimate of drug-likeness (QED) is 0.355. The van der Waals surface area contributed by atoms with Crippen molar-refractivity contribution in [3.8, 4) is 0 Å². The summed E-state index contributed by atoms with van der Waals surface area (Å²) in [6.45, 7) is 5.90. The van der Waals surface area contributed by atoms with E-state index in [0.717, 1.165) is 19.5 Å². The van der Waals surface area contributed by atoms with Crippen molar-refractivity contribution in [3.63, 3.8) is 0 Å². The number of sulfonamides is 1. The van der Waals surface area contributed by atoms with Crippen LogP contribution >= 0.6 is 11.3 Å². The van der Waals surface area contributed by atoms with Gasteiger partial charge in [-0.2, -0.15) is 0 Å². The van der Waals surface area contributed by atoms with Gasteiger partial charge < -0.3 is 10.6 Å². The second kappa shape index (κ2) is 9.75. The standard InChI is InChI=1S/C13H24N4O2S2/c1-3-14-13(15-8-7-12-6-5-11-20-12)16-9-10-17-21(18,19)4-2/h5-6,11,17H,3-4,7-10H2,1-2H3,(H2,14,15,16). The lowest BCUT2D eigenvalue weighted by molar-refractivity contribution is 0.583. The highest BCUT2D eigenvalue weighted by Crippen LogP contribution is 2.07. The fourth-order valence-corrected chi connectivity index (χ4v) is 2.89. The molecule has 0 unspecified atom stereocenters. The highest BCUT2D eigenvalue weighted by Gasteiger charge is 2.04. The molecule has 0 aliphatic carbocycles. The monoisotopic (exact) mass is 332 g/mol. The van der Waals surface area contributed by atoms with E-state index in [1.54, 1.807) is 18.3 Å². The Morgan fingerprint density at radius 2 is 2.10 bits per heavy atom. The van der Waals surface area contributed by atoms with Gasteiger partial charge in [-0.25, -0.2) is 13.1 Å². The molecule has 120 valence electrons. The van der Waals surface area contributed by atoms with Crippen LogP contribution in [0.25, 0.3) is 0 Å². The molecule has 0 bridgehead atoms. The Bertz CT molecular complexity index is 512. The van der Waals surface area contributed by atoms with Crippen molar-refractivity contribution in [2.75, 3.05) is 31.9 Å². The SMILES string of the molecule is CCNC(=NCCNS(=O)(=O)CC)NCCc1cccs1. The molecule has 21 heavy (non-hydrogen) atoms. The molecule has 0 aromatic carbocycles. The van der Waals surface area contributed by atoms with Gasteiger partial charge in [0.1, 0.15) is 0 Å². The third-order valence-corrected chi connectivity index (χ3v) is 5.01. The molecule has 0 saturated carbocycles. The topological polar surface area (TPSA) is 82.6 Å². The van der Waals surface area contributed by atoms with E-state index in [2.05, 4.69) is 31.8 Å². The third-order valence-electron chi connectivity index (χ3n) is 2.67. The van der Waals surface area contributed by atoms with E-state index < -0.39 is 10.0 Å². The van der Waals surface area contributed by atoms with E-state index >= 15 is 0 Å². The van der Waals surface area contributed by atoms with Crippen LogP contribution < -0.4 is 15.4 Å². The Kier molecular flexibility index (Phi) is 8.33. The summed E-state index contributed by atoms with van der Waals surface area (Å²) < 4.78 is 25.1. The molecule has 1 aromatic rings. The fraction of sp³-hybridized carbons (Fsp3) is 0.615. The maximum atomic E-state index is 11.3. The van der Waals surface area contributed by atoms with E-state index in [9.17, 15) is 8.42 Å². The Balaban J connectivity index is 2.32. The van der Waals surface area contributed by atoms with Crippen molar-refractivity contribution < 1.29 is 8.42 Å². The van der Waals surface area contributed by atoms with Gasteiger partial charge in [0.2, 0.25) is 10.0 Å². The van der Waals surface area contributed by atoms with Gasteiger partial charge in [-0.1, -0.05) is 6.07 Å². The lowest BCUT2D eigenvalue weighted by atomic mass is 10.3. The first kappa shape index (κ1) is 17.9. The normalized spacial score (nSPS) is 12.4. The smallest absolute Gasteiger partial charge is 0.211 e. The van der Waals surface area contributed by atoms with Crippen LogP contribution in [-0.2, 0) is 16.4 Å². The number of rotatable bonds is 9. The van der Waals surface area contributed by atoms with E-state index in [0.29, 0.717) is 19.0 Å². The number of hydrogen-bond donors (Lipinski definition) is 3. The minimum Gasteiger partial charge on any atom is -0.357 e. The van der Waals surface area contributed by atoms with E-state index in [1.165, 1.54) is 4.88 Å². The van der Waals surface area contributed by atoms with Gasteiger partial charge in [-0.3, -0.25) is 4.99 Å². The van der Waals surface area contributed by atoms with Gasteiger partial charge in [-0.15, -0.1) is 11.3 Å². The Morgan fingerprint density at radius 3 is 2.71 bits per heavy atom. The summed E-state index contributed by atoms with van der Waals surface area (Å²) in [5.41, 5.74) is 0. The zero-order valence-electron chi connectivity index (χ0n) is 12.6. The summed E-state index contributed by atoms with van der Waals surface area (Å²) in [7, 11) is -3.13. The highest BCUT2D eigenvalue weighted by molar-refractivity contribution is 7.89. The number of aliphatic imine (C=N–C) groups is 1. The molecule has 1 heterocycles. The van der Waals surface area contributed by atoms with Crippen molar-refractivity contribution in [2.24, 2.45) is 4.99 Å². The number of guanidine groups is 1. The van der Waals surface area contributed by atoms with Gasteiger partial charge in [0, 0.05) is 24.5 Å². The summed E-state index contributed by atoms with van der Waals surface area (Å²) in [5, 5.41) is 8.44. The van der Waals surface area contributed by atoms with E-state index in [-0.39, 0.29) is 5.75 Å². The van der Waals surface area contributed by atoms with Crippen molar-refractivity contribution in [3.05, 3.63) is 22.4 Å². The minimum absolute atomic E-state index is 0.0931. The number of nitrogens with zero attached hydrogens (tertiary/aromatic N) is 1. The summed E-state index contributed by atoms with van der Waals surface area (Å²) >= 11 is 1.74. The van der Waals surface area contributed by atoms with Crippen LogP contribution in [0.2, 0.25) is 0 Å². The zero-order chi connectivity index (χ0) is 15.6. The first-order valence-corrected chi connectivity index (χ1v) is 9.62. The maximum absolute atomic E-state index is 11.3. The van der Waals surface area contributed by atoms with Crippen molar-refractivity contribution >= 4 is 27.3 Å². The molecule has 0 aliphatic rings. The van der Waals surface area contributed by atoms with Crippen LogP contribution in [-0.4, -0.2) is 46.3 Å². The molecule has 0 fully saturated rings. The molecule has 6 nitrogen and oxygen atoms in total. The summed E-state index contributed by atoms with van der Waals surface area (Å²) in [6.07, 6.45) is 0.949. The van der Waals surface area contributed by atoms with Crippen molar-refractivity contribution in [1.82, 2.24) is 15.4 Å². The number of hydrogen-bond acceptors (Lipinski definition) is 4. The first-order chi connectivity index (χ1) is 10.1. The van der Waals surface area contributed by atoms with Crippen LogP contribution in [0.3, 0.4) is 0 Å². The predicted molar refractivity (Wildman–Crippen MR) is 89.5 cm³/mol. The van der Waals surface area contributed by atoms with Crippen LogP contribution in [0.4, 0.5) is 0 Å². The first-order valence-electron chi connectivity index (χ1n) is 7.09. The molecule has 0 radical (unpaired) electrons. The Hall–Kier alpha value is -1.12. The molecule has 3 N–H and O–H groups in total. The second-order valence-corrected chi connectivity index (χ2v) is 7.44. The van der Waals surface area contributed by atoms with Gasteiger partial charge in [0.05, 0.1) is 12.3 Å². The molecule has 8 heteroatoms. The number of nitrogens with one attached hydrogen (secondary N) is 3. The summed E-state index contributed by atoms with van der Waals surface area (Å²) in [4.78, 5) is 5.67. The average Bonchev–Trinajstić information content (AvgIpc) is 2.97. The van der Waals surface area contributed by atoms with Crippen LogP contribution in [0.15, 0.2) is 22.5 Å². The van der Waals surface area contributed by atoms with Gasteiger partial charge in [0.25, 0.3) is 0 Å². The minimum atomic E-state index is -3.13. The Labute approximate surface area is 131 Å². The third kappa shape index (κ3) is 8.03. The molecule has 1 rings (SSSR count). The van der Waals surface area contributed by atoms with Crippen LogP contribution in [0, 0.1) is 0 Å². The predicted octanol–water partition coefficient (Wildman–Crippen LogP) is 0.785. The molecular formula is C13H24N4O2S2. The lowest BCUT2D eigenvalue weighted by Gasteiger charge is -2.11. The average molecular weight is 332 g/mol. The van der Waals surface area contributed by atoms with Gasteiger partial charge >= 0.3 is 0 Å². The second-order valence-electron chi connectivity index (χ2n) is 4.31. The van der Waals surface area contributed by atoms with Crippen molar-refractivity contribution in [1.29, 1.82) is 0 Å². The molecule has 0 spiro atoms. The van der Waals surface area contributed by atoms with Crippen LogP contribution in [0.1, 0.15) is 18.7 Å². The van der Waals surface area contributed by atoms with Gasteiger partial charge in [-0.05, 0) is 31.7 Å². The Morgan fingerprint density at radius 1 is 1.29 bits per heavy atom. The fourth-order valence-electron chi connectivity index (χ4n) is 1.57. The lowest BCUT2D eigenvalue weighted by Crippen LogP contribution is -2.39. The van der Waals surface area contributed by atoms with E-state index in [4.69, 9.17) is 0 Å². The van der Waals surface area contributed by atoms with Crippen molar-refractivity contribution in [2.45, 2.75) is 20.3 Å². The molecule has 0 amide bonds. The molecule has 1 aromatic heterocycles. The zero-order valence-corrected chi connectivity index (χ0v) is 14.2. The van der Waals surface area contributed by atoms with Gasteiger partial charge in [0.15, 0.2) is 5.96 Å². The number of thiophene rings is 1. The molecule has 0 atom stereocenters. The summed E-state index contributed by atoms with van der Waals surface area (Å²) in [5.74, 6) is 0.806. The molecular weight excluding hydrogens is 308 g/mol. The van der Waals surface area contributed by atoms with Crippen LogP contribution in [0.5, 0.6) is 0 Å². The maximum Gasteiger partial charge on any atom is 0.211 e. The largest absolute Gasteiger partial charge is 0.357 e. The van der Waals surface area contributed by atoms with E-state index in [1.807, 2.05) is 13.0 Å². The summed E-state index contributed by atoms with van der Waals surface area (Å²) in [6, 6.07) is 4.15. The highest BCUT2D eigenvalue weighted by atomic mass is 32.2.